The quantitative estimate of drug-likeness (QED) is 0.173. The third-order valence-electron chi connectivity index (χ3n) is 5.15. The minimum atomic E-state index is -0.606. The second-order valence-corrected chi connectivity index (χ2v) is 8.94. The Balaban J connectivity index is 1.77. The van der Waals surface area contributed by atoms with Gasteiger partial charge in [-0.3, -0.25) is 9.59 Å². The molecule has 8 nitrogen and oxygen atoms in total. The minimum Gasteiger partial charge on any atom is -0.508 e. The Morgan fingerprint density at radius 2 is 1.78 bits per heavy atom. The lowest BCUT2D eigenvalue weighted by Crippen LogP contribution is -2.21. The molecule has 3 aromatic rings. The summed E-state index contributed by atoms with van der Waals surface area (Å²) >= 11 is 3.44. The molecule has 3 rings (SSSR count). The number of halogens is 1. The van der Waals surface area contributed by atoms with Crippen LogP contribution in [0.15, 0.2) is 64.6 Å². The Labute approximate surface area is 223 Å². The number of nitrogens with one attached hydrogen (secondary N) is 2. The number of benzene rings is 3. The van der Waals surface area contributed by atoms with E-state index in [0.29, 0.717) is 39.5 Å². The maximum Gasteiger partial charge on any atom is 0.266 e. The second kappa shape index (κ2) is 12.6. The lowest BCUT2D eigenvalue weighted by Gasteiger charge is -2.15. The van der Waals surface area contributed by atoms with E-state index in [0.717, 1.165) is 11.1 Å². The number of nitrogens with zero attached hydrogens (tertiary/aromatic N) is 1. The number of rotatable bonds is 9. The van der Waals surface area contributed by atoms with Crippen molar-refractivity contribution in [2.75, 3.05) is 23.8 Å². The van der Waals surface area contributed by atoms with Crippen LogP contribution in [-0.4, -0.2) is 30.1 Å². The number of phenols is 1. The van der Waals surface area contributed by atoms with Gasteiger partial charge in [-0.1, -0.05) is 12.1 Å². The lowest BCUT2D eigenvalue weighted by atomic mass is 10.1. The number of carbonyl (C=O) groups is 2. The van der Waals surface area contributed by atoms with E-state index in [9.17, 15) is 20.0 Å². The summed E-state index contributed by atoms with van der Waals surface area (Å²) in [4.78, 5) is 25.1. The normalized spacial score (nSPS) is 10.8. The molecule has 0 fully saturated rings. The molecule has 0 aromatic heterocycles. The van der Waals surface area contributed by atoms with Crippen molar-refractivity contribution in [2.45, 2.75) is 20.8 Å². The number of aryl methyl sites for hydroxylation is 2. The van der Waals surface area contributed by atoms with Crippen molar-refractivity contribution >= 4 is 45.2 Å². The molecule has 0 aliphatic heterocycles. The Kier molecular flexibility index (Phi) is 9.30. The Morgan fingerprint density at radius 1 is 1.05 bits per heavy atom. The number of carbonyl (C=O) groups excluding carboxylic acids is 2. The van der Waals surface area contributed by atoms with Gasteiger partial charge in [0.25, 0.3) is 11.8 Å². The number of ether oxygens (including phenoxy) is 2. The van der Waals surface area contributed by atoms with Crippen LogP contribution in [0.4, 0.5) is 11.4 Å². The largest absolute Gasteiger partial charge is 0.508 e. The molecule has 3 N–H and O–H groups in total. The molecule has 0 radical (unpaired) electrons. The standard InChI is InChI=1S/C28H26BrN3O5/c1-4-36-25-14-19(12-20(15-30)28(35)31-21-7-9-22(33)10-8-21)13-23(29)27(25)37-16-26(34)32-24-11-17(2)5-6-18(24)3/h5-14,33H,4,16H2,1-3H3,(H,31,35)(H,32,34)/b20-12+. The van der Waals surface area contributed by atoms with E-state index in [1.165, 1.54) is 30.3 Å². The predicted octanol–water partition coefficient (Wildman–Crippen LogP) is 5.73. The highest BCUT2D eigenvalue weighted by Crippen LogP contribution is 2.37. The first kappa shape index (κ1) is 27.3. The zero-order valence-corrected chi connectivity index (χ0v) is 22.2. The molecule has 3 aromatic carbocycles. The van der Waals surface area contributed by atoms with Crippen molar-refractivity contribution in [2.24, 2.45) is 0 Å². The summed E-state index contributed by atoms with van der Waals surface area (Å²) in [6.45, 7) is 5.74. The van der Waals surface area contributed by atoms with Gasteiger partial charge in [0, 0.05) is 11.4 Å². The van der Waals surface area contributed by atoms with Crippen LogP contribution in [0.3, 0.4) is 0 Å². The first-order valence-electron chi connectivity index (χ1n) is 11.4. The van der Waals surface area contributed by atoms with Crippen LogP contribution < -0.4 is 20.1 Å². The highest BCUT2D eigenvalue weighted by Gasteiger charge is 2.16. The molecule has 0 atom stereocenters. The van der Waals surface area contributed by atoms with Gasteiger partial charge in [0.2, 0.25) is 0 Å². The van der Waals surface area contributed by atoms with E-state index in [-0.39, 0.29) is 23.8 Å². The van der Waals surface area contributed by atoms with Gasteiger partial charge in [-0.2, -0.15) is 5.26 Å². The molecule has 0 heterocycles. The molecule has 2 amide bonds. The molecular formula is C28H26BrN3O5. The monoisotopic (exact) mass is 563 g/mol. The van der Waals surface area contributed by atoms with Gasteiger partial charge in [0.1, 0.15) is 17.4 Å². The third kappa shape index (κ3) is 7.59. The summed E-state index contributed by atoms with van der Waals surface area (Å²) in [5, 5.41) is 24.4. The molecule has 0 spiro atoms. The fourth-order valence-electron chi connectivity index (χ4n) is 3.33. The van der Waals surface area contributed by atoms with Gasteiger partial charge in [-0.15, -0.1) is 0 Å². The van der Waals surface area contributed by atoms with Crippen LogP contribution in [0.5, 0.6) is 17.2 Å². The van der Waals surface area contributed by atoms with E-state index in [2.05, 4.69) is 26.6 Å². The highest BCUT2D eigenvalue weighted by atomic mass is 79.9. The van der Waals surface area contributed by atoms with Crippen LogP contribution in [-0.2, 0) is 9.59 Å². The number of amides is 2. The number of hydrogen-bond acceptors (Lipinski definition) is 6. The fourth-order valence-corrected chi connectivity index (χ4v) is 3.90. The smallest absolute Gasteiger partial charge is 0.266 e. The molecular weight excluding hydrogens is 538 g/mol. The maximum absolute atomic E-state index is 12.6. The summed E-state index contributed by atoms with van der Waals surface area (Å²) in [6, 6.07) is 16.9. The van der Waals surface area contributed by atoms with Crippen molar-refractivity contribution < 1.29 is 24.2 Å². The van der Waals surface area contributed by atoms with Crippen molar-refractivity contribution in [1.82, 2.24) is 0 Å². The molecule has 9 heteroatoms. The molecule has 0 aliphatic rings. The number of phenolic OH excluding ortho intramolecular Hbond substituents is 1. The number of hydrogen-bond donors (Lipinski definition) is 3. The van der Waals surface area contributed by atoms with Crippen molar-refractivity contribution in [3.05, 3.63) is 81.3 Å². The van der Waals surface area contributed by atoms with Gasteiger partial charge >= 0.3 is 0 Å². The SMILES string of the molecule is CCOc1cc(/C=C(\C#N)C(=O)Nc2ccc(O)cc2)cc(Br)c1OCC(=O)Nc1cc(C)ccc1C. The van der Waals surface area contributed by atoms with Crippen LogP contribution >= 0.6 is 15.9 Å². The topological polar surface area (TPSA) is 121 Å². The Bertz CT molecular complexity index is 1380. The minimum absolute atomic E-state index is 0.0624. The van der Waals surface area contributed by atoms with E-state index < -0.39 is 5.91 Å². The van der Waals surface area contributed by atoms with Crippen molar-refractivity contribution in [3.63, 3.8) is 0 Å². The fraction of sp³-hybridized carbons (Fsp3) is 0.179. The van der Waals surface area contributed by atoms with Crippen LogP contribution in [0.1, 0.15) is 23.6 Å². The molecule has 0 aliphatic carbocycles. The Morgan fingerprint density at radius 3 is 2.46 bits per heavy atom. The molecule has 0 unspecified atom stereocenters. The first-order chi connectivity index (χ1) is 17.7. The average molecular weight is 564 g/mol. The third-order valence-corrected chi connectivity index (χ3v) is 5.74. The number of anilines is 2. The average Bonchev–Trinajstić information content (AvgIpc) is 2.85. The zero-order valence-electron chi connectivity index (χ0n) is 20.6. The van der Waals surface area contributed by atoms with Crippen LogP contribution in [0, 0.1) is 25.2 Å². The van der Waals surface area contributed by atoms with E-state index >= 15 is 0 Å². The van der Waals surface area contributed by atoms with Crippen molar-refractivity contribution in [3.8, 4) is 23.3 Å². The van der Waals surface area contributed by atoms with Crippen molar-refractivity contribution in [1.29, 1.82) is 5.26 Å². The molecule has 0 bridgehead atoms. The highest BCUT2D eigenvalue weighted by molar-refractivity contribution is 9.10. The van der Waals surface area contributed by atoms with E-state index in [1.54, 1.807) is 19.1 Å². The number of aromatic hydroxyl groups is 1. The van der Waals surface area contributed by atoms with E-state index in [4.69, 9.17) is 9.47 Å². The summed E-state index contributed by atoms with van der Waals surface area (Å²) < 4.78 is 12.0. The van der Waals surface area contributed by atoms with E-state index in [1.807, 2.05) is 38.1 Å². The van der Waals surface area contributed by atoms with Gasteiger partial charge in [0.05, 0.1) is 11.1 Å². The molecule has 0 saturated carbocycles. The first-order valence-corrected chi connectivity index (χ1v) is 12.2. The van der Waals surface area contributed by atoms with Crippen LogP contribution in [0.2, 0.25) is 0 Å². The summed E-state index contributed by atoms with van der Waals surface area (Å²) in [5.74, 6) is -0.205. The summed E-state index contributed by atoms with van der Waals surface area (Å²) in [5.41, 5.74) is 3.49. The predicted molar refractivity (Wildman–Crippen MR) is 146 cm³/mol. The Hall–Kier alpha value is -4.29. The maximum atomic E-state index is 12.6. The lowest BCUT2D eigenvalue weighted by molar-refractivity contribution is -0.118. The second-order valence-electron chi connectivity index (χ2n) is 8.09. The van der Waals surface area contributed by atoms with Gasteiger partial charge < -0.3 is 25.2 Å². The van der Waals surface area contributed by atoms with Crippen LogP contribution in [0.25, 0.3) is 6.08 Å². The zero-order chi connectivity index (χ0) is 26.9. The molecule has 0 saturated heterocycles. The summed E-state index contributed by atoms with van der Waals surface area (Å²) in [6.07, 6.45) is 1.42. The number of nitriles is 1. The van der Waals surface area contributed by atoms with Gasteiger partial charge in [-0.25, -0.2) is 0 Å². The van der Waals surface area contributed by atoms with Gasteiger partial charge in [0.15, 0.2) is 18.1 Å². The summed E-state index contributed by atoms with van der Waals surface area (Å²) in [7, 11) is 0. The molecule has 190 valence electrons. The van der Waals surface area contributed by atoms with Gasteiger partial charge in [-0.05, 0) is 102 Å². The molecule has 37 heavy (non-hydrogen) atoms.